The number of rotatable bonds is 2. The molecule has 0 N–H and O–H groups in total. The normalized spacial score (nSPS) is 10.4. The molecule has 18 heavy (non-hydrogen) atoms. The largest absolute Gasteiger partial charge is 0.296 e. The van der Waals surface area contributed by atoms with Gasteiger partial charge in [-0.2, -0.15) is 0 Å². The van der Waals surface area contributed by atoms with Gasteiger partial charge >= 0.3 is 0 Å². The third-order valence-corrected chi connectivity index (χ3v) is 2.70. The van der Waals surface area contributed by atoms with Crippen molar-refractivity contribution in [3.05, 3.63) is 54.6 Å². The molecular weight excluding hydrogens is 226 g/mol. The Morgan fingerprint density at radius 3 is 2.39 bits per heavy atom. The molecule has 0 unspecified atom stereocenters. The van der Waals surface area contributed by atoms with Crippen LogP contribution in [0.5, 0.6) is 0 Å². The summed E-state index contributed by atoms with van der Waals surface area (Å²) >= 11 is 0. The number of carbonyl (C=O) groups excluding carboxylic acids is 1. The predicted octanol–water partition coefficient (Wildman–Crippen LogP) is 2.50. The quantitative estimate of drug-likeness (QED) is 0.640. The van der Waals surface area contributed by atoms with Gasteiger partial charge in [0.2, 0.25) is 0 Å². The van der Waals surface area contributed by atoms with Crippen molar-refractivity contribution in [2.75, 3.05) is 0 Å². The summed E-state index contributed by atoms with van der Waals surface area (Å²) in [4.78, 5) is 23.1. The van der Waals surface area contributed by atoms with Gasteiger partial charge in [-0.05, 0) is 35.4 Å². The first-order chi connectivity index (χ1) is 8.86. The summed E-state index contributed by atoms with van der Waals surface area (Å²) in [6, 6.07) is 9.45. The Morgan fingerprint density at radius 2 is 1.56 bits per heavy atom. The van der Waals surface area contributed by atoms with E-state index < -0.39 is 0 Å². The zero-order valence-electron chi connectivity index (χ0n) is 9.45. The van der Waals surface area contributed by atoms with Crippen molar-refractivity contribution in [3.8, 4) is 11.1 Å². The summed E-state index contributed by atoms with van der Waals surface area (Å²) in [6.45, 7) is 0. The molecule has 1 aromatic carbocycles. The fourth-order valence-corrected chi connectivity index (χ4v) is 1.84. The minimum Gasteiger partial charge on any atom is -0.296 e. The molecule has 0 spiro atoms. The van der Waals surface area contributed by atoms with Crippen molar-refractivity contribution < 1.29 is 4.79 Å². The minimum absolute atomic E-state index is 0.423. The number of carbonyl (C=O) groups is 1. The van der Waals surface area contributed by atoms with E-state index in [-0.39, 0.29) is 0 Å². The number of benzene rings is 1. The molecule has 2 heterocycles. The van der Waals surface area contributed by atoms with E-state index in [2.05, 4.69) is 15.0 Å². The second-order valence-electron chi connectivity index (χ2n) is 3.85. The Morgan fingerprint density at radius 1 is 0.778 bits per heavy atom. The topological polar surface area (TPSA) is 55.7 Å². The number of aldehydes is 1. The highest BCUT2D eigenvalue weighted by Gasteiger charge is 2.02. The number of fused-ring (bicyclic) bond motifs is 1. The zero-order chi connectivity index (χ0) is 12.4. The van der Waals surface area contributed by atoms with Crippen LogP contribution in [0.3, 0.4) is 0 Å². The van der Waals surface area contributed by atoms with E-state index in [4.69, 9.17) is 0 Å². The Kier molecular flexibility index (Phi) is 2.53. The zero-order valence-corrected chi connectivity index (χ0v) is 9.45. The summed E-state index contributed by atoms with van der Waals surface area (Å²) in [5.74, 6) is 0. The molecule has 0 atom stereocenters. The number of aromatic nitrogens is 3. The maximum atomic E-state index is 10.7. The lowest BCUT2D eigenvalue weighted by molar-refractivity contribution is 0.111. The number of hydrogen-bond acceptors (Lipinski definition) is 4. The Balaban J connectivity index is 2.15. The van der Waals surface area contributed by atoms with Crippen LogP contribution in [0.1, 0.15) is 10.5 Å². The lowest BCUT2D eigenvalue weighted by Crippen LogP contribution is -1.88. The van der Waals surface area contributed by atoms with Crippen LogP contribution < -0.4 is 0 Å². The van der Waals surface area contributed by atoms with Crippen LogP contribution in [0.4, 0.5) is 0 Å². The first-order valence-electron chi connectivity index (χ1n) is 5.49. The van der Waals surface area contributed by atoms with Crippen molar-refractivity contribution in [2.45, 2.75) is 0 Å². The molecule has 3 rings (SSSR count). The Labute approximate surface area is 103 Å². The van der Waals surface area contributed by atoms with Crippen LogP contribution >= 0.6 is 0 Å². The third-order valence-electron chi connectivity index (χ3n) is 2.70. The van der Waals surface area contributed by atoms with Gasteiger partial charge in [-0.25, -0.2) is 0 Å². The van der Waals surface area contributed by atoms with E-state index in [1.165, 1.54) is 0 Å². The van der Waals surface area contributed by atoms with Gasteiger partial charge in [0.05, 0.1) is 11.0 Å². The van der Waals surface area contributed by atoms with Crippen molar-refractivity contribution >= 4 is 17.3 Å². The molecule has 2 aromatic heterocycles. The molecule has 0 aliphatic heterocycles. The first kappa shape index (κ1) is 10.5. The fraction of sp³-hybridized carbons (Fsp3) is 0. The van der Waals surface area contributed by atoms with E-state index in [1.54, 1.807) is 24.7 Å². The highest BCUT2D eigenvalue weighted by Crippen LogP contribution is 2.22. The molecule has 0 saturated carbocycles. The van der Waals surface area contributed by atoms with Crippen LogP contribution in [-0.4, -0.2) is 21.2 Å². The Bertz CT molecular complexity index is 725. The molecule has 0 aliphatic carbocycles. The Hall–Kier alpha value is -2.62. The van der Waals surface area contributed by atoms with Gasteiger partial charge in [-0.3, -0.25) is 19.7 Å². The standard InChI is InChI=1S/C14H9N3O/c18-9-12-7-11(3-4-15-12)10-1-2-13-14(8-10)17-6-5-16-13/h1-9H. The van der Waals surface area contributed by atoms with Gasteiger partial charge in [0, 0.05) is 18.6 Å². The van der Waals surface area contributed by atoms with Gasteiger partial charge < -0.3 is 0 Å². The maximum absolute atomic E-state index is 10.7. The SMILES string of the molecule is O=Cc1cc(-c2ccc3nccnc3c2)ccn1. The summed E-state index contributed by atoms with van der Waals surface area (Å²) in [6.07, 6.45) is 5.69. The highest BCUT2D eigenvalue weighted by atomic mass is 16.1. The molecule has 4 nitrogen and oxygen atoms in total. The van der Waals surface area contributed by atoms with Crippen molar-refractivity contribution in [2.24, 2.45) is 0 Å². The second-order valence-corrected chi connectivity index (χ2v) is 3.85. The van der Waals surface area contributed by atoms with E-state index in [0.717, 1.165) is 28.4 Å². The van der Waals surface area contributed by atoms with Crippen LogP contribution in [-0.2, 0) is 0 Å². The number of hydrogen-bond donors (Lipinski definition) is 0. The van der Waals surface area contributed by atoms with E-state index in [0.29, 0.717) is 5.69 Å². The van der Waals surface area contributed by atoms with Gasteiger partial charge in [0.25, 0.3) is 0 Å². The van der Waals surface area contributed by atoms with Crippen molar-refractivity contribution in [1.82, 2.24) is 15.0 Å². The van der Waals surface area contributed by atoms with E-state index in [9.17, 15) is 4.79 Å². The van der Waals surface area contributed by atoms with E-state index in [1.807, 2.05) is 24.3 Å². The molecule has 0 amide bonds. The number of pyridine rings is 1. The van der Waals surface area contributed by atoms with Crippen molar-refractivity contribution in [3.63, 3.8) is 0 Å². The van der Waals surface area contributed by atoms with E-state index >= 15 is 0 Å². The second kappa shape index (κ2) is 4.33. The summed E-state index contributed by atoms with van der Waals surface area (Å²) in [5, 5.41) is 0. The molecule has 0 fully saturated rings. The molecular formula is C14H9N3O. The van der Waals surface area contributed by atoms with Gasteiger partial charge in [0.1, 0.15) is 5.69 Å². The third kappa shape index (κ3) is 1.84. The number of nitrogens with zero attached hydrogens (tertiary/aromatic N) is 3. The maximum Gasteiger partial charge on any atom is 0.168 e. The molecule has 0 saturated heterocycles. The van der Waals surface area contributed by atoms with Gasteiger partial charge in [-0.15, -0.1) is 0 Å². The smallest absolute Gasteiger partial charge is 0.168 e. The predicted molar refractivity (Wildman–Crippen MR) is 68.2 cm³/mol. The average molecular weight is 235 g/mol. The van der Waals surface area contributed by atoms with Gasteiger partial charge in [0.15, 0.2) is 6.29 Å². The highest BCUT2D eigenvalue weighted by molar-refractivity contribution is 5.82. The molecule has 3 aromatic rings. The molecule has 86 valence electrons. The lowest BCUT2D eigenvalue weighted by atomic mass is 10.1. The van der Waals surface area contributed by atoms with Gasteiger partial charge in [-0.1, -0.05) is 6.07 Å². The monoisotopic (exact) mass is 235 g/mol. The molecule has 0 bridgehead atoms. The summed E-state index contributed by atoms with van der Waals surface area (Å²) in [5.41, 5.74) is 4.05. The lowest BCUT2D eigenvalue weighted by Gasteiger charge is -2.03. The minimum atomic E-state index is 0.423. The molecule has 0 radical (unpaired) electrons. The molecule has 4 heteroatoms. The van der Waals surface area contributed by atoms with Crippen LogP contribution in [0.15, 0.2) is 48.9 Å². The first-order valence-corrected chi connectivity index (χ1v) is 5.49. The summed E-state index contributed by atoms with van der Waals surface area (Å²) in [7, 11) is 0. The summed E-state index contributed by atoms with van der Waals surface area (Å²) < 4.78 is 0. The van der Waals surface area contributed by atoms with Crippen molar-refractivity contribution in [1.29, 1.82) is 0 Å². The van der Waals surface area contributed by atoms with Crippen LogP contribution in [0.25, 0.3) is 22.2 Å². The molecule has 0 aliphatic rings. The van der Waals surface area contributed by atoms with Crippen LogP contribution in [0.2, 0.25) is 0 Å². The average Bonchev–Trinajstić information content (AvgIpc) is 2.47. The van der Waals surface area contributed by atoms with Crippen LogP contribution in [0, 0.1) is 0 Å². The fourth-order valence-electron chi connectivity index (χ4n) is 1.84.